The first-order valence-electron chi connectivity index (χ1n) is 11.9. The molecule has 0 spiro atoms. The molecular weight excluding hydrogens is 510 g/mol. The van der Waals surface area contributed by atoms with Crippen LogP contribution in [0.2, 0.25) is 0 Å². The molecule has 4 rings (SSSR count). The number of benzene rings is 3. The van der Waals surface area contributed by atoms with Gasteiger partial charge in [-0.1, -0.05) is 24.3 Å². The van der Waals surface area contributed by atoms with Gasteiger partial charge in [-0.05, 0) is 57.2 Å². The summed E-state index contributed by atoms with van der Waals surface area (Å²) in [5.74, 6) is 0.617. The quantitative estimate of drug-likeness (QED) is 0.329. The molecule has 0 saturated carbocycles. The summed E-state index contributed by atoms with van der Waals surface area (Å²) < 4.78 is 39.7. The van der Waals surface area contributed by atoms with Gasteiger partial charge in [0.2, 0.25) is 5.91 Å². The summed E-state index contributed by atoms with van der Waals surface area (Å²) in [5, 5.41) is 14.4. The monoisotopic (exact) mass is 539 g/mol. The summed E-state index contributed by atoms with van der Waals surface area (Å²) in [5.41, 5.74) is 0.453. The van der Waals surface area contributed by atoms with Crippen LogP contribution in [-0.2, 0) is 14.8 Å². The smallest absolute Gasteiger partial charge is 0.273 e. The van der Waals surface area contributed by atoms with Crippen molar-refractivity contribution < 1.29 is 27.6 Å². The lowest BCUT2D eigenvalue weighted by Gasteiger charge is -2.38. The SMILES string of the molecule is COc1ccc(N(CC(=O)NC2CC(C)(C)Oc3ccccc32)S(=O)(=O)c2ccc(C)c([N+](=O)[O-])c2)cc1. The Morgan fingerprint density at radius 3 is 2.50 bits per heavy atom. The topological polar surface area (TPSA) is 128 Å². The van der Waals surface area contributed by atoms with Crippen molar-refractivity contribution in [3.8, 4) is 11.5 Å². The molecule has 0 fully saturated rings. The molecule has 3 aromatic rings. The lowest BCUT2D eigenvalue weighted by molar-refractivity contribution is -0.385. The third-order valence-corrected chi connectivity index (χ3v) is 8.09. The number of aryl methyl sites for hydroxylation is 1. The van der Waals surface area contributed by atoms with E-state index in [1.807, 2.05) is 38.1 Å². The van der Waals surface area contributed by atoms with Crippen LogP contribution in [0.25, 0.3) is 0 Å². The predicted molar refractivity (Wildman–Crippen MR) is 142 cm³/mol. The number of carbonyl (C=O) groups excluding carboxylic acids is 1. The number of anilines is 1. The largest absolute Gasteiger partial charge is 0.497 e. The van der Waals surface area contributed by atoms with Crippen molar-refractivity contribution in [2.24, 2.45) is 0 Å². The van der Waals surface area contributed by atoms with Gasteiger partial charge in [0.1, 0.15) is 23.6 Å². The second kappa shape index (κ2) is 10.3. The number of nitrogens with one attached hydrogen (secondary N) is 1. The molecule has 1 aliphatic rings. The number of amides is 1. The number of nitro benzene ring substituents is 1. The fourth-order valence-corrected chi connectivity index (χ4v) is 5.88. The average molecular weight is 540 g/mol. The third kappa shape index (κ3) is 5.57. The Kier molecular flexibility index (Phi) is 7.32. The fraction of sp³-hybridized carbons (Fsp3) is 0.296. The fourth-order valence-electron chi connectivity index (χ4n) is 4.44. The summed E-state index contributed by atoms with van der Waals surface area (Å²) in [7, 11) is -2.88. The number of para-hydroxylation sites is 1. The van der Waals surface area contributed by atoms with Crippen LogP contribution in [0.15, 0.2) is 71.6 Å². The second-order valence-corrected chi connectivity index (χ2v) is 11.5. The van der Waals surface area contributed by atoms with Gasteiger partial charge in [0.25, 0.3) is 15.7 Å². The molecule has 1 heterocycles. The molecule has 0 radical (unpaired) electrons. The Bertz CT molecular complexity index is 1470. The Morgan fingerprint density at radius 2 is 1.84 bits per heavy atom. The predicted octanol–water partition coefficient (Wildman–Crippen LogP) is 4.53. The lowest BCUT2D eigenvalue weighted by Crippen LogP contribution is -2.45. The second-order valence-electron chi connectivity index (χ2n) is 9.64. The first kappa shape index (κ1) is 26.9. The highest BCUT2D eigenvalue weighted by Crippen LogP contribution is 2.39. The van der Waals surface area contributed by atoms with E-state index in [0.29, 0.717) is 23.5 Å². The van der Waals surface area contributed by atoms with Gasteiger partial charge in [0.05, 0.1) is 28.7 Å². The van der Waals surface area contributed by atoms with Crippen LogP contribution < -0.4 is 19.1 Å². The van der Waals surface area contributed by atoms with E-state index in [9.17, 15) is 23.3 Å². The Morgan fingerprint density at radius 1 is 1.16 bits per heavy atom. The van der Waals surface area contributed by atoms with E-state index in [1.165, 1.54) is 38.3 Å². The van der Waals surface area contributed by atoms with E-state index >= 15 is 0 Å². The van der Waals surface area contributed by atoms with Crippen molar-refractivity contribution in [1.82, 2.24) is 5.32 Å². The lowest BCUT2D eigenvalue weighted by atomic mass is 9.89. The minimum atomic E-state index is -4.36. The molecule has 11 heteroatoms. The van der Waals surface area contributed by atoms with Crippen LogP contribution in [0.3, 0.4) is 0 Å². The number of sulfonamides is 1. The standard InChI is InChI=1S/C27H29N3O7S/c1-18-9-14-21(15-24(18)30(32)33)38(34,35)29(19-10-12-20(36-4)13-11-19)17-26(31)28-23-16-27(2,3)37-25-8-6-5-7-22(23)25/h5-15,23H,16-17H2,1-4H3,(H,28,31). The average Bonchev–Trinajstić information content (AvgIpc) is 2.86. The molecule has 38 heavy (non-hydrogen) atoms. The van der Waals surface area contributed by atoms with Gasteiger partial charge in [-0.25, -0.2) is 8.42 Å². The molecular formula is C27H29N3O7S. The van der Waals surface area contributed by atoms with E-state index in [-0.39, 0.29) is 16.3 Å². The Balaban J connectivity index is 1.69. The van der Waals surface area contributed by atoms with E-state index < -0.39 is 39.0 Å². The Hall–Kier alpha value is -4.12. The van der Waals surface area contributed by atoms with Crippen LogP contribution >= 0.6 is 0 Å². The zero-order valence-electron chi connectivity index (χ0n) is 21.5. The van der Waals surface area contributed by atoms with Gasteiger partial charge in [0.15, 0.2) is 0 Å². The first-order valence-corrected chi connectivity index (χ1v) is 13.3. The molecule has 0 aliphatic carbocycles. The molecule has 1 amide bonds. The van der Waals surface area contributed by atoms with E-state index in [0.717, 1.165) is 15.9 Å². The number of hydrogen-bond donors (Lipinski definition) is 1. The third-order valence-electron chi connectivity index (χ3n) is 6.32. The minimum Gasteiger partial charge on any atom is -0.497 e. The van der Waals surface area contributed by atoms with E-state index in [1.54, 1.807) is 12.1 Å². The van der Waals surface area contributed by atoms with Crippen molar-refractivity contribution in [3.63, 3.8) is 0 Å². The number of hydrogen-bond acceptors (Lipinski definition) is 7. The Labute approximate surface area is 221 Å². The van der Waals surface area contributed by atoms with Crippen LogP contribution in [0, 0.1) is 17.0 Å². The van der Waals surface area contributed by atoms with Gasteiger partial charge in [0, 0.05) is 23.6 Å². The summed E-state index contributed by atoms with van der Waals surface area (Å²) in [6.45, 7) is 4.81. The number of carbonyl (C=O) groups is 1. The van der Waals surface area contributed by atoms with Crippen molar-refractivity contribution in [1.29, 1.82) is 0 Å². The molecule has 1 unspecified atom stereocenters. The molecule has 10 nitrogen and oxygen atoms in total. The number of methoxy groups -OCH3 is 1. The van der Waals surface area contributed by atoms with Crippen molar-refractivity contribution in [2.45, 2.75) is 43.7 Å². The van der Waals surface area contributed by atoms with Gasteiger partial charge in [-0.3, -0.25) is 19.2 Å². The number of fused-ring (bicyclic) bond motifs is 1. The zero-order chi connectivity index (χ0) is 27.7. The molecule has 3 aromatic carbocycles. The maximum Gasteiger partial charge on any atom is 0.273 e. The highest BCUT2D eigenvalue weighted by Gasteiger charge is 2.35. The van der Waals surface area contributed by atoms with Gasteiger partial charge >= 0.3 is 0 Å². The molecule has 0 saturated heterocycles. The van der Waals surface area contributed by atoms with Gasteiger partial charge in [-0.2, -0.15) is 0 Å². The molecule has 1 N–H and O–H groups in total. The van der Waals surface area contributed by atoms with Crippen molar-refractivity contribution >= 4 is 27.3 Å². The molecule has 0 bridgehead atoms. The highest BCUT2D eigenvalue weighted by atomic mass is 32.2. The molecule has 1 atom stereocenters. The zero-order valence-corrected chi connectivity index (χ0v) is 22.3. The van der Waals surface area contributed by atoms with Crippen LogP contribution in [0.5, 0.6) is 11.5 Å². The summed E-state index contributed by atoms with van der Waals surface area (Å²) in [4.78, 5) is 23.9. The number of rotatable bonds is 8. The van der Waals surface area contributed by atoms with Gasteiger partial charge in [-0.15, -0.1) is 0 Å². The summed E-state index contributed by atoms with van der Waals surface area (Å²) in [6, 6.07) is 16.8. The number of nitro groups is 1. The summed E-state index contributed by atoms with van der Waals surface area (Å²) in [6.07, 6.45) is 0.481. The van der Waals surface area contributed by atoms with Crippen LogP contribution in [0.1, 0.15) is 37.4 Å². The van der Waals surface area contributed by atoms with Crippen molar-refractivity contribution in [3.05, 3.63) is 88.0 Å². The normalized spacial score (nSPS) is 16.1. The number of ether oxygens (including phenoxy) is 2. The minimum absolute atomic E-state index is 0.205. The maximum atomic E-state index is 13.8. The van der Waals surface area contributed by atoms with Crippen LogP contribution in [0.4, 0.5) is 11.4 Å². The van der Waals surface area contributed by atoms with Crippen LogP contribution in [-0.4, -0.2) is 38.5 Å². The summed E-state index contributed by atoms with van der Waals surface area (Å²) >= 11 is 0. The first-order chi connectivity index (χ1) is 17.9. The maximum absolute atomic E-state index is 13.8. The molecule has 1 aliphatic heterocycles. The molecule has 0 aromatic heterocycles. The highest BCUT2D eigenvalue weighted by molar-refractivity contribution is 7.92. The molecule has 200 valence electrons. The van der Waals surface area contributed by atoms with E-state index in [4.69, 9.17) is 9.47 Å². The van der Waals surface area contributed by atoms with Gasteiger partial charge < -0.3 is 14.8 Å². The number of nitrogens with zero attached hydrogens (tertiary/aromatic N) is 2. The van der Waals surface area contributed by atoms with E-state index in [2.05, 4.69) is 5.32 Å². The van der Waals surface area contributed by atoms with Crippen molar-refractivity contribution in [2.75, 3.05) is 18.0 Å².